The molecule has 1 aromatic carbocycles. The molecule has 0 bridgehead atoms. The lowest BCUT2D eigenvalue weighted by molar-refractivity contribution is 0.0587. The molecule has 0 N–H and O–H groups in total. The van der Waals surface area contributed by atoms with E-state index in [0.717, 1.165) is 0 Å². The van der Waals surface area contributed by atoms with Crippen LogP contribution < -0.4 is 0 Å². The van der Waals surface area contributed by atoms with Gasteiger partial charge in [-0.3, -0.25) is 19.2 Å². The Hall–Kier alpha value is -2.96. The standard InChI is InChI=1S/C16H15N3O4/c1-18-13(16(22)23-2)10(9-17-18)7-8-19-14(20)11-5-3-4-6-12(11)15(19)21/h3-6,9H,7-8H2,1-2H3. The number of hydrogen-bond donors (Lipinski definition) is 0. The fraction of sp³-hybridized carbons (Fsp3) is 0.250. The molecule has 0 aliphatic carbocycles. The molecule has 0 spiro atoms. The minimum atomic E-state index is -0.498. The number of ether oxygens (including phenoxy) is 1. The van der Waals surface area contributed by atoms with Gasteiger partial charge in [-0.15, -0.1) is 0 Å². The van der Waals surface area contributed by atoms with Gasteiger partial charge in [0.2, 0.25) is 0 Å². The van der Waals surface area contributed by atoms with Crippen LogP contribution in [0.15, 0.2) is 30.5 Å². The average Bonchev–Trinajstić information content (AvgIpc) is 3.04. The van der Waals surface area contributed by atoms with Gasteiger partial charge in [0.05, 0.1) is 24.4 Å². The molecule has 0 unspecified atom stereocenters. The molecule has 0 atom stereocenters. The number of nitrogens with zero attached hydrogens (tertiary/aromatic N) is 3. The summed E-state index contributed by atoms with van der Waals surface area (Å²) in [4.78, 5) is 37.6. The first-order valence-electron chi connectivity index (χ1n) is 7.09. The third-order valence-electron chi connectivity index (χ3n) is 3.88. The van der Waals surface area contributed by atoms with Crippen molar-refractivity contribution in [3.63, 3.8) is 0 Å². The maximum Gasteiger partial charge on any atom is 0.356 e. The van der Waals surface area contributed by atoms with E-state index in [2.05, 4.69) is 5.10 Å². The third-order valence-corrected chi connectivity index (χ3v) is 3.88. The summed E-state index contributed by atoms with van der Waals surface area (Å²) in [7, 11) is 2.93. The number of aromatic nitrogens is 2. The smallest absolute Gasteiger partial charge is 0.356 e. The number of imide groups is 1. The number of amides is 2. The monoisotopic (exact) mass is 313 g/mol. The molecule has 1 aromatic heterocycles. The molecule has 7 nitrogen and oxygen atoms in total. The summed E-state index contributed by atoms with van der Waals surface area (Å²) < 4.78 is 6.15. The summed E-state index contributed by atoms with van der Waals surface area (Å²) in [6.07, 6.45) is 1.88. The van der Waals surface area contributed by atoms with Crippen LogP contribution in [-0.2, 0) is 18.2 Å². The van der Waals surface area contributed by atoms with Gasteiger partial charge in [0.1, 0.15) is 5.69 Å². The van der Waals surface area contributed by atoms with Gasteiger partial charge in [-0.1, -0.05) is 12.1 Å². The fourth-order valence-electron chi connectivity index (χ4n) is 2.70. The van der Waals surface area contributed by atoms with Gasteiger partial charge in [0.25, 0.3) is 11.8 Å². The van der Waals surface area contributed by atoms with Crippen LogP contribution in [0.1, 0.15) is 36.8 Å². The normalized spacial score (nSPS) is 13.4. The van der Waals surface area contributed by atoms with Crippen molar-refractivity contribution in [1.82, 2.24) is 14.7 Å². The van der Waals surface area contributed by atoms with Gasteiger partial charge < -0.3 is 4.74 Å². The van der Waals surface area contributed by atoms with E-state index in [1.54, 1.807) is 37.5 Å². The zero-order valence-electron chi connectivity index (χ0n) is 12.8. The Morgan fingerprint density at radius 1 is 1.17 bits per heavy atom. The predicted molar refractivity (Wildman–Crippen MR) is 80.1 cm³/mol. The Labute approximate surface area is 132 Å². The molecule has 0 saturated carbocycles. The highest BCUT2D eigenvalue weighted by Crippen LogP contribution is 2.23. The van der Waals surface area contributed by atoms with Crippen molar-refractivity contribution in [1.29, 1.82) is 0 Å². The molecular weight excluding hydrogens is 298 g/mol. The molecule has 23 heavy (non-hydrogen) atoms. The summed E-state index contributed by atoms with van der Waals surface area (Å²) >= 11 is 0. The van der Waals surface area contributed by atoms with E-state index >= 15 is 0 Å². The third kappa shape index (κ3) is 2.40. The highest BCUT2D eigenvalue weighted by atomic mass is 16.5. The highest BCUT2D eigenvalue weighted by Gasteiger charge is 2.35. The summed E-state index contributed by atoms with van der Waals surface area (Å²) in [6.45, 7) is 0.183. The van der Waals surface area contributed by atoms with Gasteiger partial charge in [0, 0.05) is 19.2 Å². The first-order chi connectivity index (χ1) is 11.0. The van der Waals surface area contributed by atoms with Gasteiger partial charge in [-0.25, -0.2) is 4.79 Å². The molecule has 0 fully saturated rings. The first-order valence-corrected chi connectivity index (χ1v) is 7.09. The number of carbonyl (C=O) groups is 3. The van der Waals surface area contributed by atoms with Crippen LogP contribution in [0.4, 0.5) is 0 Å². The molecular formula is C16H15N3O4. The molecule has 1 aliphatic rings. The van der Waals surface area contributed by atoms with Crippen molar-refractivity contribution in [2.45, 2.75) is 6.42 Å². The van der Waals surface area contributed by atoms with E-state index in [0.29, 0.717) is 28.8 Å². The minimum absolute atomic E-state index is 0.183. The zero-order valence-corrected chi connectivity index (χ0v) is 12.8. The van der Waals surface area contributed by atoms with Crippen LogP contribution in [0.3, 0.4) is 0 Å². The molecule has 0 saturated heterocycles. The topological polar surface area (TPSA) is 81.5 Å². The van der Waals surface area contributed by atoms with Crippen LogP contribution in [0.25, 0.3) is 0 Å². The van der Waals surface area contributed by atoms with Gasteiger partial charge in [-0.2, -0.15) is 5.10 Å². The Morgan fingerprint density at radius 2 is 1.78 bits per heavy atom. The van der Waals surface area contributed by atoms with E-state index in [1.807, 2.05) is 0 Å². The Morgan fingerprint density at radius 3 is 2.35 bits per heavy atom. The van der Waals surface area contributed by atoms with Gasteiger partial charge in [0.15, 0.2) is 0 Å². The maximum atomic E-state index is 12.3. The second kappa shape index (κ2) is 5.68. The van der Waals surface area contributed by atoms with Crippen molar-refractivity contribution in [2.24, 2.45) is 7.05 Å². The van der Waals surface area contributed by atoms with E-state index in [1.165, 1.54) is 16.7 Å². The Kier molecular flexibility index (Phi) is 3.69. The average molecular weight is 313 g/mol. The van der Waals surface area contributed by atoms with Crippen LogP contribution in [0.5, 0.6) is 0 Å². The van der Waals surface area contributed by atoms with E-state index < -0.39 is 5.97 Å². The predicted octanol–water partition coefficient (Wildman–Crippen LogP) is 1.05. The van der Waals surface area contributed by atoms with E-state index in [9.17, 15) is 14.4 Å². The molecule has 0 radical (unpaired) electrons. The molecule has 7 heteroatoms. The Balaban J connectivity index is 1.80. The van der Waals surface area contributed by atoms with E-state index in [-0.39, 0.29) is 18.4 Å². The van der Waals surface area contributed by atoms with Crippen LogP contribution in [0.2, 0.25) is 0 Å². The second-order valence-electron chi connectivity index (χ2n) is 5.19. The number of aryl methyl sites for hydroxylation is 1. The quantitative estimate of drug-likeness (QED) is 0.622. The second-order valence-corrected chi connectivity index (χ2v) is 5.19. The molecule has 2 amide bonds. The lowest BCUT2D eigenvalue weighted by Crippen LogP contribution is -2.32. The van der Waals surface area contributed by atoms with Crippen LogP contribution in [-0.4, -0.2) is 46.1 Å². The zero-order chi connectivity index (χ0) is 16.6. The van der Waals surface area contributed by atoms with E-state index in [4.69, 9.17) is 4.74 Å². The summed E-state index contributed by atoms with van der Waals surface area (Å²) in [5, 5.41) is 4.04. The molecule has 2 aromatic rings. The molecule has 2 heterocycles. The number of fused-ring (bicyclic) bond motifs is 1. The van der Waals surface area contributed by atoms with Crippen LogP contribution in [0, 0.1) is 0 Å². The molecule has 1 aliphatic heterocycles. The lowest BCUT2D eigenvalue weighted by atomic mass is 10.1. The van der Waals surface area contributed by atoms with Gasteiger partial charge >= 0.3 is 5.97 Å². The summed E-state index contributed by atoms with van der Waals surface area (Å²) in [5.41, 5.74) is 1.79. The van der Waals surface area contributed by atoms with Crippen molar-refractivity contribution < 1.29 is 19.1 Å². The number of esters is 1. The van der Waals surface area contributed by atoms with Crippen LogP contribution >= 0.6 is 0 Å². The number of rotatable bonds is 4. The SMILES string of the molecule is COC(=O)c1c(CCN2C(=O)c3ccccc3C2=O)cnn1C. The van der Waals surface area contributed by atoms with Crippen molar-refractivity contribution >= 4 is 17.8 Å². The molecule has 118 valence electrons. The fourth-order valence-corrected chi connectivity index (χ4v) is 2.70. The Bertz CT molecular complexity index is 774. The molecule has 3 rings (SSSR count). The first kappa shape index (κ1) is 15.0. The number of carbonyl (C=O) groups excluding carboxylic acids is 3. The maximum absolute atomic E-state index is 12.3. The minimum Gasteiger partial charge on any atom is -0.464 e. The number of hydrogen-bond acceptors (Lipinski definition) is 5. The largest absolute Gasteiger partial charge is 0.464 e. The summed E-state index contributed by atoms with van der Waals surface area (Å²) in [6, 6.07) is 6.73. The summed E-state index contributed by atoms with van der Waals surface area (Å²) in [5.74, 6) is -1.12. The number of methoxy groups -OCH3 is 1. The van der Waals surface area contributed by atoms with Crippen molar-refractivity contribution in [3.05, 3.63) is 52.8 Å². The number of benzene rings is 1. The van der Waals surface area contributed by atoms with Crippen molar-refractivity contribution in [2.75, 3.05) is 13.7 Å². The van der Waals surface area contributed by atoms with Gasteiger partial charge in [-0.05, 0) is 18.6 Å². The van der Waals surface area contributed by atoms with Crippen molar-refractivity contribution in [3.8, 4) is 0 Å². The lowest BCUT2D eigenvalue weighted by Gasteiger charge is -2.13. The highest BCUT2D eigenvalue weighted by molar-refractivity contribution is 6.21.